The quantitative estimate of drug-likeness (QED) is 0.681. The van der Waals surface area contributed by atoms with Gasteiger partial charge in [-0.15, -0.1) is 0 Å². The Morgan fingerprint density at radius 1 is 1.10 bits per heavy atom. The number of unbranched alkanes of at least 4 members (excludes halogenated alkanes) is 4. The fourth-order valence-corrected chi connectivity index (χ4v) is 2.09. The maximum atomic E-state index is 11.8. The molecule has 0 aliphatic heterocycles. The average molecular weight is 276 g/mol. The summed E-state index contributed by atoms with van der Waals surface area (Å²) in [6.07, 6.45) is 5.89. The molecule has 0 saturated carbocycles. The summed E-state index contributed by atoms with van der Waals surface area (Å²) in [5.41, 5.74) is 6.08. The van der Waals surface area contributed by atoms with E-state index in [-0.39, 0.29) is 5.91 Å². The predicted molar refractivity (Wildman–Crippen MR) is 79.9 cm³/mol. The number of hydrogen-bond donors (Lipinski definition) is 2. The molecule has 20 heavy (non-hydrogen) atoms. The molecule has 0 aromatic heterocycles. The zero-order valence-corrected chi connectivity index (χ0v) is 12.1. The highest BCUT2D eigenvalue weighted by molar-refractivity contribution is 5.87. The first-order valence-corrected chi connectivity index (χ1v) is 7.28. The average Bonchev–Trinajstić information content (AvgIpc) is 2.45. The van der Waals surface area contributed by atoms with Gasteiger partial charge >= 0.3 is 0 Å². The van der Waals surface area contributed by atoms with E-state index in [9.17, 15) is 9.59 Å². The van der Waals surface area contributed by atoms with Crippen molar-refractivity contribution in [3.63, 3.8) is 0 Å². The van der Waals surface area contributed by atoms with E-state index in [4.69, 9.17) is 5.73 Å². The molecule has 3 N–H and O–H groups in total. The van der Waals surface area contributed by atoms with Crippen molar-refractivity contribution in [1.29, 1.82) is 0 Å². The van der Waals surface area contributed by atoms with Crippen molar-refractivity contribution in [3.05, 3.63) is 35.9 Å². The highest BCUT2D eigenvalue weighted by atomic mass is 16.2. The van der Waals surface area contributed by atoms with E-state index in [0.29, 0.717) is 6.42 Å². The Kier molecular flexibility index (Phi) is 7.40. The van der Waals surface area contributed by atoms with Crippen molar-refractivity contribution in [1.82, 2.24) is 5.32 Å². The number of nitrogens with two attached hydrogens (primary N) is 1. The second-order valence-corrected chi connectivity index (χ2v) is 4.98. The number of amides is 2. The largest absolute Gasteiger partial charge is 0.368 e. The van der Waals surface area contributed by atoms with Gasteiger partial charge in [0.15, 0.2) is 0 Å². The lowest BCUT2D eigenvalue weighted by molar-refractivity contribution is -0.127. The van der Waals surface area contributed by atoms with Crippen LogP contribution in [-0.4, -0.2) is 11.8 Å². The van der Waals surface area contributed by atoms with Gasteiger partial charge in [0.25, 0.3) is 0 Å². The van der Waals surface area contributed by atoms with Crippen molar-refractivity contribution >= 4 is 11.8 Å². The van der Waals surface area contributed by atoms with Gasteiger partial charge < -0.3 is 11.1 Å². The van der Waals surface area contributed by atoms with E-state index in [2.05, 4.69) is 12.2 Å². The van der Waals surface area contributed by atoms with Crippen LogP contribution in [0.2, 0.25) is 0 Å². The second-order valence-electron chi connectivity index (χ2n) is 4.98. The van der Waals surface area contributed by atoms with E-state index < -0.39 is 11.9 Å². The Balaban J connectivity index is 2.43. The van der Waals surface area contributed by atoms with Gasteiger partial charge in [0, 0.05) is 6.42 Å². The Hall–Kier alpha value is -1.84. The predicted octanol–water partition coefficient (Wildman–Crippen LogP) is 2.69. The maximum Gasteiger partial charge on any atom is 0.244 e. The molecule has 0 radical (unpaired) electrons. The lowest BCUT2D eigenvalue weighted by Crippen LogP contribution is -2.37. The van der Waals surface area contributed by atoms with Gasteiger partial charge in [0.1, 0.15) is 6.04 Å². The van der Waals surface area contributed by atoms with Gasteiger partial charge in [-0.1, -0.05) is 62.9 Å². The standard InChI is InChI=1S/C16H24N2O2/c1-2-3-4-5-9-12-14(19)18-15(16(17)20)13-10-7-6-8-11-13/h6-8,10-11,15H,2-5,9,12H2,1H3,(H2,17,20)(H,18,19). The third-order valence-electron chi connectivity index (χ3n) is 3.23. The van der Waals surface area contributed by atoms with E-state index in [1.165, 1.54) is 12.8 Å². The van der Waals surface area contributed by atoms with Crippen LogP contribution >= 0.6 is 0 Å². The van der Waals surface area contributed by atoms with Crippen LogP contribution < -0.4 is 11.1 Å². The molecule has 110 valence electrons. The van der Waals surface area contributed by atoms with Gasteiger partial charge in [-0.3, -0.25) is 9.59 Å². The summed E-state index contributed by atoms with van der Waals surface area (Å²) < 4.78 is 0. The van der Waals surface area contributed by atoms with E-state index in [0.717, 1.165) is 24.8 Å². The molecule has 0 aliphatic rings. The van der Waals surface area contributed by atoms with Gasteiger partial charge in [-0.05, 0) is 12.0 Å². The Morgan fingerprint density at radius 2 is 1.75 bits per heavy atom. The number of nitrogens with one attached hydrogen (secondary N) is 1. The van der Waals surface area contributed by atoms with Gasteiger partial charge in [-0.25, -0.2) is 0 Å². The van der Waals surface area contributed by atoms with Gasteiger partial charge in [-0.2, -0.15) is 0 Å². The number of rotatable bonds is 9. The molecule has 0 saturated heterocycles. The topological polar surface area (TPSA) is 72.2 Å². The number of hydrogen-bond acceptors (Lipinski definition) is 2. The summed E-state index contributed by atoms with van der Waals surface area (Å²) >= 11 is 0. The van der Waals surface area contributed by atoms with Crippen LogP contribution in [0.5, 0.6) is 0 Å². The zero-order chi connectivity index (χ0) is 14.8. The van der Waals surface area contributed by atoms with Crippen LogP contribution in [0.15, 0.2) is 30.3 Å². The van der Waals surface area contributed by atoms with Crippen LogP contribution in [0.3, 0.4) is 0 Å². The molecule has 1 atom stereocenters. The maximum absolute atomic E-state index is 11.8. The zero-order valence-electron chi connectivity index (χ0n) is 12.1. The van der Waals surface area contributed by atoms with Crippen LogP contribution in [0.25, 0.3) is 0 Å². The third-order valence-corrected chi connectivity index (χ3v) is 3.23. The molecule has 1 aromatic carbocycles. The molecule has 0 bridgehead atoms. The molecule has 2 amide bonds. The number of carbonyl (C=O) groups excluding carboxylic acids is 2. The third kappa shape index (κ3) is 5.87. The van der Waals surface area contributed by atoms with Crippen LogP contribution in [0.4, 0.5) is 0 Å². The lowest BCUT2D eigenvalue weighted by atomic mass is 10.1. The van der Waals surface area contributed by atoms with E-state index >= 15 is 0 Å². The van der Waals surface area contributed by atoms with Crippen molar-refractivity contribution in [3.8, 4) is 0 Å². The first kappa shape index (κ1) is 16.2. The molecule has 4 heteroatoms. The molecular formula is C16H24N2O2. The molecule has 1 aromatic rings. The summed E-state index contributed by atoms with van der Waals surface area (Å²) in [5, 5.41) is 2.71. The molecule has 0 fully saturated rings. The van der Waals surface area contributed by atoms with Crippen LogP contribution in [0.1, 0.15) is 57.1 Å². The minimum Gasteiger partial charge on any atom is -0.368 e. The Morgan fingerprint density at radius 3 is 2.35 bits per heavy atom. The number of carbonyl (C=O) groups is 2. The van der Waals surface area contributed by atoms with Gasteiger partial charge in [0.05, 0.1) is 0 Å². The minimum absolute atomic E-state index is 0.117. The highest BCUT2D eigenvalue weighted by Crippen LogP contribution is 2.13. The molecule has 1 rings (SSSR count). The number of primary amides is 1. The van der Waals surface area contributed by atoms with Crippen LogP contribution in [0, 0.1) is 0 Å². The van der Waals surface area contributed by atoms with E-state index in [1.807, 2.05) is 18.2 Å². The molecule has 0 aliphatic carbocycles. The summed E-state index contributed by atoms with van der Waals surface area (Å²) in [7, 11) is 0. The molecule has 4 nitrogen and oxygen atoms in total. The summed E-state index contributed by atoms with van der Waals surface area (Å²) in [6, 6.07) is 8.34. The minimum atomic E-state index is -0.737. The molecule has 0 heterocycles. The van der Waals surface area contributed by atoms with Crippen molar-refractivity contribution in [2.24, 2.45) is 5.73 Å². The van der Waals surface area contributed by atoms with Crippen molar-refractivity contribution in [2.75, 3.05) is 0 Å². The fourth-order valence-electron chi connectivity index (χ4n) is 2.09. The normalized spacial score (nSPS) is 11.8. The molecule has 0 spiro atoms. The highest BCUT2D eigenvalue weighted by Gasteiger charge is 2.19. The molecular weight excluding hydrogens is 252 g/mol. The van der Waals surface area contributed by atoms with Crippen molar-refractivity contribution in [2.45, 2.75) is 51.5 Å². The summed E-state index contributed by atoms with van der Waals surface area (Å²) in [5.74, 6) is -0.648. The summed E-state index contributed by atoms with van der Waals surface area (Å²) in [6.45, 7) is 2.16. The Labute approximate surface area is 120 Å². The number of benzene rings is 1. The van der Waals surface area contributed by atoms with Crippen LogP contribution in [-0.2, 0) is 9.59 Å². The first-order valence-electron chi connectivity index (χ1n) is 7.28. The smallest absolute Gasteiger partial charge is 0.244 e. The molecule has 1 unspecified atom stereocenters. The monoisotopic (exact) mass is 276 g/mol. The first-order chi connectivity index (χ1) is 9.65. The van der Waals surface area contributed by atoms with Crippen molar-refractivity contribution < 1.29 is 9.59 Å². The summed E-state index contributed by atoms with van der Waals surface area (Å²) in [4.78, 5) is 23.3. The van der Waals surface area contributed by atoms with Gasteiger partial charge in [0.2, 0.25) is 11.8 Å². The lowest BCUT2D eigenvalue weighted by Gasteiger charge is -2.15. The Bertz CT molecular complexity index is 418. The second kappa shape index (κ2) is 9.13. The SMILES string of the molecule is CCCCCCCC(=O)NC(C(N)=O)c1ccccc1. The van der Waals surface area contributed by atoms with E-state index in [1.54, 1.807) is 12.1 Å². The fraction of sp³-hybridized carbons (Fsp3) is 0.500.